The zero-order valence-electron chi connectivity index (χ0n) is 14.9. The van der Waals surface area contributed by atoms with Crippen LogP contribution in [0.3, 0.4) is 0 Å². The average molecular weight is 352 g/mol. The van der Waals surface area contributed by atoms with Crippen LogP contribution in [0.2, 0.25) is 0 Å². The smallest absolute Gasteiger partial charge is 0.321 e. The van der Waals surface area contributed by atoms with Crippen LogP contribution in [0.1, 0.15) is 17.5 Å². The summed E-state index contributed by atoms with van der Waals surface area (Å²) in [4.78, 5) is 21.0. The number of rotatable bonds is 3. The Morgan fingerprint density at radius 2 is 2.08 bits per heavy atom. The van der Waals surface area contributed by atoms with Crippen molar-refractivity contribution in [2.75, 3.05) is 38.1 Å². The SMILES string of the molecule is O=C(Nc1ccc2c(c1)CCCO2)N1CCN(Cc2cccnc2)CC1. The molecule has 0 radical (unpaired) electrons. The van der Waals surface area contributed by atoms with Crippen LogP contribution in [-0.2, 0) is 13.0 Å². The van der Waals surface area contributed by atoms with Crippen molar-refractivity contribution in [2.24, 2.45) is 0 Å². The number of hydrogen-bond acceptors (Lipinski definition) is 4. The Morgan fingerprint density at radius 3 is 2.88 bits per heavy atom. The molecular weight excluding hydrogens is 328 g/mol. The van der Waals surface area contributed by atoms with Crippen molar-refractivity contribution in [2.45, 2.75) is 19.4 Å². The number of aryl methyl sites for hydroxylation is 1. The maximum absolute atomic E-state index is 12.6. The Hall–Kier alpha value is -2.60. The molecule has 0 aliphatic carbocycles. The van der Waals surface area contributed by atoms with Crippen molar-refractivity contribution < 1.29 is 9.53 Å². The molecule has 1 N–H and O–H groups in total. The van der Waals surface area contributed by atoms with E-state index in [1.54, 1.807) is 6.20 Å². The molecule has 6 heteroatoms. The molecular formula is C20H24N4O2. The van der Waals surface area contributed by atoms with Gasteiger partial charge in [-0.25, -0.2) is 4.79 Å². The zero-order valence-corrected chi connectivity index (χ0v) is 14.9. The van der Waals surface area contributed by atoms with Gasteiger partial charge in [0.1, 0.15) is 5.75 Å². The van der Waals surface area contributed by atoms with Gasteiger partial charge in [0.25, 0.3) is 0 Å². The molecule has 0 unspecified atom stereocenters. The Balaban J connectivity index is 1.30. The molecule has 0 spiro atoms. The first-order valence-corrected chi connectivity index (χ1v) is 9.21. The summed E-state index contributed by atoms with van der Waals surface area (Å²) >= 11 is 0. The highest BCUT2D eigenvalue weighted by Crippen LogP contribution is 2.27. The number of piperazine rings is 1. The van der Waals surface area contributed by atoms with E-state index in [1.807, 2.05) is 35.4 Å². The monoisotopic (exact) mass is 352 g/mol. The lowest BCUT2D eigenvalue weighted by atomic mass is 10.1. The fourth-order valence-corrected chi connectivity index (χ4v) is 3.50. The van der Waals surface area contributed by atoms with E-state index >= 15 is 0 Å². The quantitative estimate of drug-likeness (QED) is 0.923. The summed E-state index contributed by atoms with van der Waals surface area (Å²) in [6.45, 7) is 4.89. The van der Waals surface area contributed by atoms with Gasteiger partial charge in [0.2, 0.25) is 0 Å². The molecule has 4 rings (SSSR count). The number of amides is 2. The molecule has 3 heterocycles. The Morgan fingerprint density at radius 1 is 1.19 bits per heavy atom. The molecule has 1 fully saturated rings. The van der Waals surface area contributed by atoms with Crippen LogP contribution in [0.25, 0.3) is 0 Å². The topological polar surface area (TPSA) is 57.7 Å². The number of pyridine rings is 1. The number of nitrogens with one attached hydrogen (secondary N) is 1. The number of carbonyl (C=O) groups is 1. The van der Waals surface area contributed by atoms with Gasteiger partial charge in [0.15, 0.2) is 0 Å². The standard InChI is InChI=1S/C20H24N4O2/c25-20(22-18-5-6-19-17(13-18)4-2-12-26-19)24-10-8-23(9-11-24)15-16-3-1-7-21-14-16/h1,3,5-7,13-14H,2,4,8-12,15H2,(H,22,25). The van der Waals surface area contributed by atoms with Gasteiger partial charge in [0.05, 0.1) is 6.61 Å². The van der Waals surface area contributed by atoms with Crippen LogP contribution in [0.15, 0.2) is 42.7 Å². The van der Waals surface area contributed by atoms with Crippen LogP contribution in [-0.4, -0.2) is 53.6 Å². The zero-order chi connectivity index (χ0) is 17.8. The first kappa shape index (κ1) is 16.8. The number of benzene rings is 1. The molecule has 0 atom stereocenters. The van der Waals surface area contributed by atoms with E-state index in [1.165, 1.54) is 11.1 Å². The third kappa shape index (κ3) is 3.96. The Labute approximate surface area is 153 Å². The summed E-state index contributed by atoms with van der Waals surface area (Å²) in [5, 5.41) is 3.03. The summed E-state index contributed by atoms with van der Waals surface area (Å²) in [5.41, 5.74) is 3.23. The number of ether oxygens (including phenoxy) is 1. The number of anilines is 1. The molecule has 0 bridgehead atoms. The lowest BCUT2D eigenvalue weighted by molar-refractivity contribution is 0.143. The van der Waals surface area contributed by atoms with Gasteiger partial charge in [-0.3, -0.25) is 9.88 Å². The van der Waals surface area contributed by atoms with Crippen LogP contribution in [0.4, 0.5) is 10.5 Å². The molecule has 1 aromatic heterocycles. The minimum atomic E-state index is -0.0253. The number of hydrogen-bond donors (Lipinski definition) is 1. The van der Waals surface area contributed by atoms with Crippen molar-refractivity contribution in [3.05, 3.63) is 53.9 Å². The highest BCUT2D eigenvalue weighted by atomic mass is 16.5. The maximum Gasteiger partial charge on any atom is 0.321 e. The third-order valence-electron chi connectivity index (χ3n) is 4.95. The van der Waals surface area contributed by atoms with E-state index in [0.29, 0.717) is 0 Å². The van der Waals surface area contributed by atoms with Gasteiger partial charge in [-0.05, 0) is 48.2 Å². The van der Waals surface area contributed by atoms with Gasteiger partial charge in [-0.1, -0.05) is 6.07 Å². The Bertz CT molecular complexity index is 758. The normalized spacial score (nSPS) is 17.3. The minimum absolute atomic E-state index is 0.0253. The Kier molecular flexibility index (Phi) is 5.02. The second kappa shape index (κ2) is 7.74. The van der Waals surface area contributed by atoms with Gasteiger partial charge in [-0.2, -0.15) is 0 Å². The van der Waals surface area contributed by atoms with Gasteiger partial charge < -0.3 is 15.0 Å². The molecule has 136 valence electrons. The highest BCUT2D eigenvalue weighted by Gasteiger charge is 2.21. The predicted octanol–water partition coefficient (Wildman–Crippen LogP) is 2.76. The number of carbonyl (C=O) groups excluding carboxylic acids is 1. The molecule has 2 aromatic rings. The van der Waals surface area contributed by atoms with Crippen molar-refractivity contribution in [3.8, 4) is 5.75 Å². The largest absolute Gasteiger partial charge is 0.493 e. The fourth-order valence-electron chi connectivity index (χ4n) is 3.50. The summed E-state index contributed by atoms with van der Waals surface area (Å²) in [7, 11) is 0. The fraction of sp³-hybridized carbons (Fsp3) is 0.400. The molecule has 2 aliphatic heterocycles. The first-order chi connectivity index (χ1) is 12.8. The van der Waals surface area contributed by atoms with E-state index in [4.69, 9.17) is 4.74 Å². The molecule has 2 amide bonds. The molecule has 2 aliphatic rings. The summed E-state index contributed by atoms with van der Waals surface area (Å²) in [6, 6.07) is 9.93. The van der Waals surface area contributed by atoms with E-state index in [9.17, 15) is 4.79 Å². The van der Waals surface area contributed by atoms with Crippen LogP contribution < -0.4 is 10.1 Å². The molecule has 0 saturated carbocycles. The lowest BCUT2D eigenvalue weighted by Gasteiger charge is -2.34. The van der Waals surface area contributed by atoms with Crippen LogP contribution >= 0.6 is 0 Å². The number of nitrogens with zero attached hydrogens (tertiary/aromatic N) is 3. The van der Waals surface area contributed by atoms with Crippen molar-refractivity contribution in [3.63, 3.8) is 0 Å². The van der Waals surface area contributed by atoms with Crippen LogP contribution in [0.5, 0.6) is 5.75 Å². The summed E-state index contributed by atoms with van der Waals surface area (Å²) in [5.74, 6) is 0.943. The van der Waals surface area contributed by atoms with Crippen molar-refractivity contribution in [1.82, 2.24) is 14.8 Å². The van der Waals surface area contributed by atoms with E-state index in [2.05, 4.69) is 21.3 Å². The second-order valence-electron chi connectivity index (χ2n) is 6.83. The average Bonchev–Trinajstić information content (AvgIpc) is 2.69. The number of urea groups is 1. The number of fused-ring (bicyclic) bond motifs is 1. The second-order valence-corrected chi connectivity index (χ2v) is 6.83. The summed E-state index contributed by atoms with van der Waals surface area (Å²) in [6.07, 6.45) is 5.73. The molecule has 1 aromatic carbocycles. The first-order valence-electron chi connectivity index (χ1n) is 9.21. The van der Waals surface area contributed by atoms with Gasteiger partial charge >= 0.3 is 6.03 Å². The van der Waals surface area contributed by atoms with E-state index in [0.717, 1.165) is 63.6 Å². The molecule has 1 saturated heterocycles. The van der Waals surface area contributed by atoms with E-state index in [-0.39, 0.29) is 6.03 Å². The van der Waals surface area contributed by atoms with Crippen molar-refractivity contribution in [1.29, 1.82) is 0 Å². The van der Waals surface area contributed by atoms with E-state index < -0.39 is 0 Å². The van der Waals surface area contributed by atoms with Gasteiger partial charge in [0, 0.05) is 50.8 Å². The minimum Gasteiger partial charge on any atom is -0.493 e. The highest BCUT2D eigenvalue weighted by molar-refractivity contribution is 5.89. The summed E-state index contributed by atoms with van der Waals surface area (Å²) < 4.78 is 5.63. The number of aromatic nitrogens is 1. The third-order valence-corrected chi connectivity index (χ3v) is 4.95. The molecule has 26 heavy (non-hydrogen) atoms. The predicted molar refractivity (Wildman–Crippen MR) is 100 cm³/mol. The van der Waals surface area contributed by atoms with Gasteiger partial charge in [-0.15, -0.1) is 0 Å². The maximum atomic E-state index is 12.6. The molecule has 6 nitrogen and oxygen atoms in total. The van der Waals surface area contributed by atoms with Crippen molar-refractivity contribution >= 4 is 11.7 Å². The van der Waals surface area contributed by atoms with Crippen LogP contribution in [0, 0.1) is 0 Å². The lowest BCUT2D eigenvalue weighted by Crippen LogP contribution is -2.49.